The van der Waals surface area contributed by atoms with Gasteiger partial charge in [0.05, 0.1) is 19.3 Å². The summed E-state index contributed by atoms with van der Waals surface area (Å²) < 4.78 is 33.2. The summed E-state index contributed by atoms with van der Waals surface area (Å²) in [5.41, 5.74) is 2.78. The number of carbonyl (C=O) groups is 2. The van der Waals surface area contributed by atoms with E-state index < -0.39 is 29.7 Å². The number of aliphatic hydroxyl groups is 1. The van der Waals surface area contributed by atoms with Crippen LogP contribution in [0.2, 0.25) is 0 Å². The summed E-state index contributed by atoms with van der Waals surface area (Å²) in [6.45, 7) is 6.46. The van der Waals surface area contributed by atoms with Crippen LogP contribution in [0.4, 0.5) is 8.78 Å². The van der Waals surface area contributed by atoms with Crippen LogP contribution >= 0.6 is 0 Å². The van der Waals surface area contributed by atoms with E-state index >= 15 is 0 Å². The minimum Gasteiger partial charge on any atom is -0.497 e. The van der Waals surface area contributed by atoms with E-state index in [-0.39, 0.29) is 30.2 Å². The summed E-state index contributed by atoms with van der Waals surface area (Å²) in [7, 11) is 1.58. The standard InChI is InChI=1S/C34H42F2N2O4/c1-5-8-25(9-6-2)33(40)26-12-22(3)13-27(18-26)34(41)38-31(17-24-14-28(35)19-29(36)15-24)32(39)21-37-20-23-10-7-11-30(16-23)42-4/h7,10-16,18-19,25,31-32,37,39H,5-6,8-9,17,20-21H2,1-4H3,(H,38,41)/t31-,32+/m0/s1. The Morgan fingerprint density at radius 2 is 1.57 bits per heavy atom. The van der Waals surface area contributed by atoms with Gasteiger partial charge in [-0.15, -0.1) is 0 Å². The van der Waals surface area contributed by atoms with Crippen molar-refractivity contribution in [2.45, 2.75) is 71.6 Å². The van der Waals surface area contributed by atoms with Gasteiger partial charge in [-0.2, -0.15) is 0 Å². The van der Waals surface area contributed by atoms with E-state index in [1.165, 1.54) is 12.1 Å². The molecule has 0 saturated heterocycles. The predicted octanol–water partition coefficient (Wildman–Crippen LogP) is 6.17. The number of benzene rings is 3. The van der Waals surface area contributed by atoms with E-state index in [0.29, 0.717) is 23.4 Å². The number of ketones is 1. The van der Waals surface area contributed by atoms with Crippen LogP contribution in [-0.4, -0.2) is 42.6 Å². The zero-order valence-electron chi connectivity index (χ0n) is 24.9. The van der Waals surface area contributed by atoms with Crippen molar-refractivity contribution < 1.29 is 28.2 Å². The number of amides is 1. The number of hydrogen-bond acceptors (Lipinski definition) is 5. The summed E-state index contributed by atoms with van der Waals surface area (Å²) in [5, 5.41) is 17.2. The van der Waals surface area contributed by atoms with Gasteiger partial charge in [0.25, 0.3) is 5.91 Å². The van der Waals surface area contributed by atoms with Crippen molar-refractivity contribution in [2.24, 2.45) is 5.92 Å². The molecule has 3 N–H and O–H groups in total. The van der Waals surface area contributed by atoms with E-state index in [0.717, 1.165) is 42.9 Å². The lowest BCUT2D eigenvalue weighted by Gasteiger charge is -2.25. The van der Waals surface area contributed by atoms with Crippen molar-refractivity contribution >= 4 is 11.7 Å². The third kappa shape index (κ3) is 9.74. The van der Waals surface area contributed by atoms with E-state index in [4.69, 9.17) is 4.74 Å². The van der Waals surface area contributed by atoms with Crippen LogP contribution in [0, 0.1) is 24.5 Å². The Labute approximate surface area is 247 Å². The first-order valence-electron chi connectivity index (χ1n) is 14.6. The third-order valence-corrected chi connectivity index (χ3v) is 7.24. The van der Waals surface area contributed by atoms with Crippen molar-refractivity contribution in [2.75, 3.05) is 13.7 Å². The molecule has 0 unspecified atom stereocenters. The molecule has 2 atom stereocenters. The Bertz CT molecular complexity index is 1320. The highest BCUT2D eigenvalue weighted by atomic mass is 19.1. The van der Waals surface area contributed by atoms with E-state index in [9.17, 15) is 23.5 Å². The number of rotatable bonds is 16. The SMILES string of the molecule is CCCC(CCC)C(=O)c1cc(C)cc(C(=O)N[C@@H](Cc2cc(F)cc(F)c2)[C@H](O)CNCc2cccc(OC)c2)c1. The Morgan fingerprint density at radius 1 is 0.905 bits per heavy atom. The molecule has 0 bridgehead atoms. The monoisotopic (exact) mass is 580 g/mol. The number of nitrogens with one attached hydrogen (secondary N) is 2. The second-order valence-corrected chi connectivity index (χ2v) is 10.8. The molecule has 0 fully saturated rings. The summed E-state index contributed by atoms with van der Waals surface area (Å²) in [5.74, 6) is -1.34. The lowest BCUT2D eigenvalue weighted by Crippen LogP contribution is -2.48. The Morgan fingerprint density at radius 3 is 2.21 bits per heavy atom. The topological polar surface area (TPSA) is 87.7 Å². The zero-order valence-corrected chi connectivity index (χ0v) is 24.9. The van der Waals surface area contributed by atoms with Gasteiger partial charge in [-0.25, -0.2) is 8.78 Å². The first-order chi connectivity index (χ1) is 20.1. The Balaban J connectivity index is 1.80. The van der Waals surface area contributed by atoms with Crippen LogP contribution in [0.15, 0.2) is 60.7 Å². The molecule has 3 rings (SSSR count). The van der Waals surface area contributed by atoms with Crippen LogP contribution in [-0.2, 0) is 13.0 Å². The lowest BCUT2D eigenvalue weighted by atomic mass is 9.88. The fourth-order valence-electron chi connectivity index (χ4n) is 5.20. The Hall–Kier alpha value is -3.62. The van der Waals surface area contributed by atoms with Gasteiger partial charge in [0, 0.05) is 36.2 Å². The van der Waals surface area contributed by atoms with Crippen LogP contribution in [0.3, 0.4) is 0 Å². The molecule has 3 aromatic rings. The molecule has 0 spiro atoms. The van der Waals surface area contributed by atoms with Crippen LogP contribution in [0.1, 0.15) is 76.9 Å². The average Bonchev–Trinajstić information content (AvgIpc) is 2.95. The first-order valence-corrected chi connectivity index (χ1v) is 14.6. The summed E-state index contributed by atoms with van der Waals surface area (Å²) in [4.78, 5) is 26.8. The van der Waals surface area contributed by atoms with Gasteiger partial charge in [-0.1, -0.05) is 38.8 Å². The largest absolute Gasteiger partial charge is 0.497 e. The fraction of sp³-hybridized carbons (Fsp3) is 0.412. The van der Waals surface area contributed by atoms with Gasteiger partial charge in [-0.05, 0) is 85.3 Å². The molecule has 42 heavy (non-hydrogen) atoms. The van der Waals surface area contributed by atoms with E-state index in [1.54, 1.807) is 25.3 Å². The van der Waals surface area contributed by atoms with Crippen molar-refractivity contribution in [1.29, 1.82) is 0 Å². The number of ether oxygens (including phenoxy) is 1. The second-order valence-electron chi connectivity index (χ2n) is 10.8. The second kappa shape index (κ2) is 16.1. The van der Waals surface area contributed by atoms with Crippen molar-refractivity contribution in [3.63, 3.8) is 0 Å². The fourth-order valence-corrected chi connectivity index (χ4v) is 5.20. The molecule has 0 radical (unpaired) electrons. The molecule has 0 aliphatic carbocycles. The molecule has 3 aromatic carbocycles. The van der Waals surface area contributed by atoms with Crippen LogP contribution in [0.5, 0.6) is 5.75 Å². The average molecular weight is 581 g/mol. The number of methoxy groups -OCH3 is 1. The summed E-state index contributed by atoms with van der Waals surface area (Å²) in [6.07, 6.45) is 2.25. The minimum atomic E-state index is -1.09. The molecule has 0 heterocycles. The smallest absolute Gasteiger partial charge is 0.251 e. The van der Waals surface area contributed by atoms with Gasteiger partial charge in [-0.3, -0.25) is 9.59 Å². The number of aliphatic hydroxyl groups excluding tert-OH is 1. The molecule has 8 heteroatoms. The predicted molar refractivity (Wildman–Crippen MR) is 161 cm³/mol. The quantitative estimate of drug-likeness (QED) is 0.176. The molecular weight excluding hydrogens is 538 g/mol. The van der Waals surface area contributed by atoms with Crippen molar-refractivity contribution in [3.05, 3.63) is 100 Å². The number of Topliss-reactive ketones (excluding diaryl/α,β-unsaturated/α-hetero) is 1. The van der Waals surface area contributed by atoms with Gasteiger partial charge in [0.15, 0.2) is 5.78 Å². The minimum absolute atomic E-state index is 0.00486. The molecular formula is C34H42F2N2O4. The van der Waals surface area contributed by atoms with Gasteiger partial charge in [0.1, 0.15) is 17.4 Å². The highest BCUT2D eigenvalue weighted by molar-refractivity contribution is 6.02. The number of halogens is 2. The first kappa shape index (κ1) is 32.9. The zero-order chi connectivity index (χ0) is 30.6. The molecule has 0 aromatic heterocycles. The third-order valence-electron chi connectivity index (χ3n) is 7.24. The maximum Gasteiger partial charge on any atom is 0.251 e. The van der Waals surface area contributed by atoms with E-state index in [1.807, 2.05) is 45.0 Å². The maximum absolute atomic E-state index is 14.0. The summed E-state index contributed by atoms with van der Waals surface area (Å²) >= 11 is 0. The normalized spacial score (nSPS) is 12.7. The lowest BCUT2D eigenvalue weighted by molar-refractivity contribution is 0.0829. The molecule has 0 aliphatic rings. The molecule has 0 saturated carbocycles. The van der Waals surface area contributed by atoms with Crippen molar-refractivity contribution in [1.82, 2.24) is 10.6 Å². The molecule has 1 amide bonds. The number of aryl methyl sites for hydroxylation is 1. The Kier molecular flexibility index (Phi) is 12.6. The van der Waals surface area contributed by atoms with Gasteiger partial charge in [0.2, 0.25) is 0 Å². The molecule has 6 nitrogen and oxygen atoms in total. The maximum atomic E-state index is 14.0. The van der Waals surface area contributed by atoms with Crippen LogP contribution in [0.25, 0.3) is 0 Å². The van der Waals surface area contributed by atoms with Crippen LogP contribution < -0.4 is 15.4 Å². The highest BCUT2D eigenvalue weighted by Crippen LogP contribution is 2.22. The van der Waals surface area contributed by atoms with Gasteiger partial charge < -0.3 is 20.5 Å². The number of carbonyl (C=O) groups excluding carboxylic acids is 2. The van der Waals surface area contributed by atoms with Crippen molar-refractivity contribution in [3.8, 4) is 5.75 Å². The summed E-state index contributed by atoms with van der Waals surface area (Å²) in [6, 6.07) is 14.8. The molecule has 0 aliphatic heterocycles. The van der Waals surface area contributed by atoms with Gasteiger partial charge >= 0.3 is 0 Å². The number of hydrogen-bond donors (Lipinski definition) is 3. The van der Waals surface area contributed by atoms with E-state index in [2.05, 4.69) is 10.6 Å². The molecule has 226 valence electrons. The highest BCUT2D eigenvalue weighted by Gasteiger charge is 2.25.